The lowest BCUT2D eigenvalue weighted by Crippen LogP contribution is -2.19. The molecule has 0 amide bonds. The highest BCUT2D eigenvalue weighted by atomic mass is 79.9. The zero-order valence-corrected chi connectivity index (χ0v) is 9.85. The molecule has 0 radical (unpaired) electrons. The predicted octanol–water partition coefficient (Wildman–Crippen LogP) is 3.40. The first-order chi connectivity index (χ1) is 7.51. The quantitative estimate of drug-likeness (QED) is 0.776. The van der Waals surface area contributed by atoms with E-state index in [0.29, 0.717) is 17.7 Å². The van der Waals surface area contributed by atoms with E-state index in [-0.39, 0.29) is 5.75 Å². The number of hydrogen-bond donors (Lipinski definition) is 0. The van der Waals surface area contributed by atoms with E-state index in [2.05, 4.69) is 20.7 Å². The Labute approximate surface area is 99.5 Å². The maximum Gasteiger partial charge on any atom is 0.422 e. The average Bonchev–Trinajstić information content (AvgIpc) is 2.23. The van der Waals surface area contributed by atoms with Gasteiger partial charge >= 0.3 is 6.18 Å². The van der Waals surface area contributed by atoms with Crippen molar-refractivity contribution in [2.24, 2.45) is 0 Å². The van der Waals surface area contributed by atoms with Crippen LogP contribution in [-0.4, -0.2) is 24.7 Å². The SMILES string of the molecule is FC(F)(F)COc1cccc(OCCBr)c1. The number of rotatable bonds is 5. The molecule has 0 aliphatic carbocycles. The fourth-order valence-electron chi connectivity index (χ4n) is 0.975. The van der Waals surface area contributed by atoms with Crippen molar-refractivity contribution in [1.82, 2.24) is 0 Å². The van der Waals surface area contributed by atoms with Crippen LogP contribution in [0.5, 0.6) is 11.5 Å². The molecule has 16 heavy (non-hydrogen) atoms. The van der Waals surface area contributed by atoms with E-state index in [4.69, 9.17) is 4.74 Å². The highest BCUT2D eigenvalue weighted by molar-refractivity contribution is 9.09. The van der Waals surface area contributed by atoms with Gasteiger partial charge in [-0.05, 0) is 12.1 Å². The first-order valence-electron chi connectivity index (χ1n) is 4.49. The number of halogens is 4. The van der Waals surface area contributed by atoms with Crippen LogP contribution >= 0.6 is 15.9 Å². The Kier molecular flexibility index (Phi) is 4.92. The third-order valence-electron chi connectivity index (χ3n) is 1.55. The first-order valence-corrected chi connectivity index (χ1v) is 5.62. The van der Waals surface area contributed by atoms with Gasteiger partial charge in [-0.15, -0.1) is 0 Å². The summed E-state index contributed by atoms with van der Waals surface area (Å²) in [6.07, 6.45) is -4.33. The van der Waals surface area contributed by atoms with Crippen LogP contribution in [0.15, 0.2) is 24.3 Å². The van der Waals surface area contributed by atoms with E-state index >= 15 is 0 Å². The third-order valence-corrected chi connectivity index (χ3v) is 1.88. The van der Waals surface area contributed by atoms with Crippen molar-refractivity contribution in [2.45, 2.75) is 6.18 Å². The Balaban J connectivity index is 2.53. The maximum atomic E-state index is 11.9. The lowest BCUT2D eigenvalue weighted by atomic mass is 10.3. The molecule has 0 bridgehead atoms. The van der Waals surface area contributed by atoms with Gasteiger partial charge in [-0.3, -0.25) is 0 Å². The van der Waals surface area contributed by atoms with Crippen molar-refractivity contribution in [2.75, 3.05) is 18.5 Å². The van der Waals surface area contributed by atoms with Gasteiger partial charge in [-0.1, -0.05) is 22.0 Å². The van der Waals surface area contributed by atoms with Crippen LogP contribution in [0.25, 0.3) is 0 Å². The van der Waals surface area contributed by atoms with E-state index in [0.717, 1.165) is 0 Å². The van der Waals surface area contributed by atoms with Crippen LogP contribution in [0.2, 0.25) is 0 Å². The molecule has 0 N–H and O–H groups in total. The molecule has 0 saturated carbocycles. The second-order valence-corrected chi connectivity index (χ2v) is 3.71. The van der Waals surface area contributed by atoms with E-state index in [9.17, 15) is 13.2 Å². The van der Waals surface area contributed by atoms with Crippen molar-refractivity contribution in [1.29, 1.82) is 0 Å². The lowest BCUT2D eigenvalue weighted by Gasteiger charge is -2.10. The molecule has 2 nitrogen and oxygen atoms in total. The normalized spacial score (nSPS) is 11.2. The Morgan fingerprint density at radius 1 is 1.12 bits per heavy atom. The minimum absolute atomic E-state index is 0.143. The van der Waals surface area contributed by atoms with Gasteiger partial charge in [-0.2, -0.15) is 13.2 Å². The van der Waals surface area contributed by atoms with E-state index in [1.165, 1.54) is 12.1 Å². The standard InChI is InChI=1S/C10H10BrF3O2/c11-4-5-15-8-2-1-3-9(6-8)16-7-10(12,13)14/h1-3,6H,4-5,7H2. The lowest BCUT2D eigenvalue weighted by molar-refractivity contribution is -0.153. The molecule has 1 aromatic rings. The smallest absolute Gasteiger partial charge is 0.422 e. The van der Waals surface area contributed by atoms with E-state index in [1.54, 1.807) is 12.1 Å². The molecule has 0 aromatic heterocycles. The van der Waals surface area contributed by atoms with E-state index < -0.39 is 12.8 Å². The van der Waals surface area contributed by atoms with Crippen molar-refractivity contribution < 1.29 is 22.6 Å². The number of alkyl halides is 4. The molecule has 1 aromatic carbocycles. The van der Waals surface area contributed by atoms with Gasteiger partial charge in [0.25, 0.3) is 0 Å². The Morgan fingerprint density at radius 2 is 1.75 bits per heavy atom. The molecule has 0 saturated heterocycles. The molecule has 0 heterocycles. The monoisotopic (exact) mass is 298 g/mol. The topological polar surface area (TPSA) is 18.5 Å². The van der Waals surface area contributed by atoms with Gasteiger partial charge in [0, 0.05) is 11.4 Å². The molecule has 90 valence electrons. The van der Waals surface area contributed by atoms with Crippen molar-refractivity contribution in [3.05, 3.63) is 24.3 Å². The molecule has 6 heteroatoms. The van der Waals surface area contributed by atoms with Gasteiger partial charge in [0.1, 0.15) is 11.5 Å². The van der Waals surface area contributed by atoms with E-state index in [1.807, 2.05) is 0 Å². The van der Waals surface area contributed by atoms with Gasteiger partial charge in [-0.25, -0.2) is 0 Å². The summed E-state index contributed by atoms with van der Waals surface area (Å²) in [6.45, 7) is -0.850. The van der Waals surface area contributed by atoms with Crippen LogP contribution in [0.4, 0.5) is 13.2 Å². The molecule has 0 aliphatic rings. The summed E-state index contributed by atoms with van der Waals surface area (Å²) in [5.74, 6) is 0.628. The molecule has 0 aliphatic heterocycles. The fourth-order valence-corrected chi connectivity index (χ4v) is 1.14. The Morgan fingerprint density at radius 3 is 2.31 bits per heavy atom. The highest BCUT2D eigenvalue weighted by Crippen LogP contribution is 2.22. The van der Waals surface area contributed by atoms with Gasteiger partial charge in [0.05, 0.1) is 6.61 Å². The molecule has 1 rings (SSSR count). The van der Waals surface area contributed by atoms with Crippen molar-refractivity contribution >= 4 is 15.9 Å². The molecule has 0 atom stereocenters. The number of benzene rings is 1. The van der Waals surface area contributed by atoms with Gasteiger partial charge in [0.15, 0.2) is 6.61 Å². The molecule has 0 unspecified atom stereocenters. The van der Waals surface area contributed by atoms with Crippen LogP contribution in [0.1, 0.15) is 0 Å². The number of ether oxygens (including phenoxy) is 2. The van der Waals surface area contributed by atoms with Gasteiger partial charge in [0.2, 0.25) is 0 Å². The molecule has 0 spiro atoms. The zero-order chi connectivity index (χ0) is 12.0. The highest BCUT2D eigenvalue weighted by Gasteiger charge is 2.28. The predicted molar refractivity (Wildman–Crippen MR) is 57.3 cm³/mol. The minimum Gasteiger partial charge on any atom is -0.493 e. The molecular weight excluding hydrogens is 289 g/mol. The van der Waals surface area contributed by atoms with Crippen LogP contribution in [0, 0.1) is 0 Å². The van der Waals surface area contributed by atoms with Crippen molar-refractivity contribution in [3.8, 4) is 11.5 Å². The summed E-state index contributed by atoms with van der Waals surface area (Å²) in [7, 11) is 0. The van der Waals surface area contributed by atoms with Crippen LogP contribution < -0.4 is 9.47 Å². The fraction of sp³-hybridized carbons (Fsp3) is 0.400. The maximum absolute atomic E-state index is 11.9. The summed E-state index contributed by atoms with van der Waals surface area (Å²) < 4.78 is 45.4. The second-order valence-electron chi connectivity index (χ2n) is 2.92. The first kappa shape index (κ1) is 13.2. The number of hydrogen-bond acceptors (Lipinski definition) is 2. The minimum atomic E-state index is -4.33. The largest absolute Gasteiger partial charge is 0.493 e. The molecule has 0 fully saturated rings. The van der Waals surface area contributed by atoms with Gasteiger partial charge < -0.3 is 9.47 Å². The Hall–Kier alpha value is -0.910. The van der Waals surface area contributed by atoms with Crippen molar-refractivity contribution in [3.63, 3.8) is 0 Å². The molecular formula is C10H10BrF3O2. The second kappa shape index (κ2) is 5.98. The van der Waals surface area contributed by atoms with Crippen LogP contribution in [0.3, 0.4) is 0 Å². The summed E-state index contributed by atoms with van der Waals surface area (Å²) in [5, 5.41) is 0.653. The summed E-state index contributed by atoms with van der Waals surface area (Å²) in [5.41, 5.74) is 0. The zero-order valence-electron chi connectivity index (χ0n) is 8.26. The summed E-state index contributed by atoms with van der Waals surface area (Å²) in [4.78, 5) is 0. The average molecular weight is 299 g/mol. The third kappa shape index (κ3) is 5.25. The Bertz CT molecular complexity index is 328. The van der Waals surface area contributed by atoms with Crippen LogP contribution in [-0.2, 0) is 0 Å². The summed E-state index contributed by atoms with van der Waals surface area (Å²) in [6, 6.07) is 6.11. The summed E-state index contributed by atoms with van der Waals surface area (Å²) >= 11 is 3.18.